The quantitative estimate of drug-likeness (QED) is 0.849. The number of ether oxygens (including phenoxy) is 2. The molecule has 1 aliphatic rings. The standard InChI is InChI=1S/C17H17N3O4S/c1-10-15(16(22)20(2)3)25-17(18-10)19-14(21)7-5-11-4-6-12-13(8-11)24-9-23-12/h4-8H,9H2,1-3H3,(H,18,19,21)/b7-5-. The van der Waals surface area contributed by atoms with Crippen LogP contribution in [0.4, 0.5) is 5.13 Å². The molecule has 130 valence electrons. The minimum Gasteiger partial charge on any atom is -0.454 e. The van der Waals surface area contributed by atoms with E-state index in [4.69, 9.17) is 9.47 Å². The first kappa shape index (κ1) is 17.0. The van der Waals surface area contributed by atoms with Crippen LogP contribution in [0.5, 0.6) is 11.5 Å². The second kappa shape index (κ2) is 6.94. The Kier molecular flexibility index (Phi) is 4.71. The summed E-state index contributed by atoms with van der Waals surface area (Å²) in [5.41, 5.74) is 1.41. The summed E-state index contributed by atoms with van der Waals surface area (Å²) in [4.78, 5) is 30.3. The van der Waals surface area contributed by atoms with E-state index in [9.17, 15) is 9.59 Å². The lowest BCUT2D eigenvalue weighted by molar-refractivity contribution is -0.111. The highest BCUT2D eigenvalue weighted by Gasteiger charge is 2.17. The molecule has 0 saturated carbocycles. The highest BCUT2D eigenvalue weighted by atomic mass is 32.1. The molecule has 1 aromatic heterocycles. The zero-order valence-electron chi connectivity index (χ0n) is 14.0. The normalized spacial score (nSPS) is 12.4. The highest BCUT2D eigenvalue weighted by molar-refractivity contribution is 7.17. The Morgan fingerprint density at radius 3 is 2.80 bits per heavy atom. The molecule has 0 spiro atoms. The first-order chi connectivity index (χ1) is 11.9. The molecular formula is C17H17N3O4S. The van der Waals surface area contributed by atoms with Crippen LogP contribution in [0.3, 0.4) is 0 Å². The molecule has 25 heavy (non-hydrogen) atoms. The number of hydrogen-bond donors (Lipinski definition) is 1. The van der Waals surface area contributed by atoms with Crippen LogP contribution in [0, 0.1) is 6.92 Å². The lowest BCUT2D eigenvalue weighted by Gasteiger charge is -2.07. The molecule has 2 amide bonds. The minimum absolute atomic E-state index is 0.133. The fourth-order valence-electron chi connectivity index (χ4n) is 2.19. The number of anilines is 1. The molecule has 0 radical (unpaired) electrons. The lowest BCUT2D eigenvalue weighted by atomic mass is 10.2. The van der Waals surface area contributed by atoms with E-state index in [1.807, 2.05) is 6.07 Å². The number of nitrogens with zero attached hydrogens (tertiary/aromatic N) is 2. The second-order valence-corrected chi connectivity index (χ2v) is 6.57. The van der Waals surface area contributed by atoms with Crippen LogP contribution in [0.15, 0.2) is 24.3 Å². The lowest BCUT2D eigenvalue weighted by Crippen LogP contribution is -2.21. The predicted molar refractivity (Wildman–Crippen MR) is 95.1 cm³/mol. The van der Waals surface area contributed by atoms with E-state index in [2.05, 4.69) is 10.3 Å². The molecule has 0 bridgehead atoms. The van der Waals surface area contributed by atoms with Crippen LogP contribution in [0.1, 0.15) is 20.9 Å². The molecule has 7 nitrogen and oxygen atoms in total. The number of benzene rings is 1. The van der Waals surface area contributed by atoms with Gasteiger partial charge in [-0.2, -0.15) is 0 Å². The molecule has 2 heterocycles. The number of rotatable bonds is 4. The van der Waals surface area contributed by atoms with Crippen molar-refractivity contribution in [3.63, 3.8) is 0 Å². The molecule has 8 heteroatoms. The summed E-state index contributed by atoms with van der Waals surface area (Å²) in [6.07, 6.45) is 3.07. The number of carbonyl (C=O) groups is 2. The van der Waals surface area contributed by atoms with Crippen molar-refractivity contribution in [3.8, 4) is 11.5 Å². The molecule has 0 unspecified atom stereocenters. The van der Waals surface area contributed by atoms with Crippen molar-refractivity contribution >= 4 is 34.4 Å². The van der Waals surface area contributed by atoms with Crippen LogP contribution in [-0.4, -0.2) is 42.6 Å². The van der Waals surface area contributed by atoms with Gasteiger partial charge in [0.15, 0.2) is 16.6 Å². The van der Waals surface area contributed by atoms with Gasteiger partial charge in [-0.3, -0.25) is 14.9 Å². The SMILES string of the molecule is Cc1nc(NC(=O)/C=C\c2ccc3c(c2)OCO3)sc1C(=O)N(C)C. The largest absolute Gasteiger partial charge is 0.454 e. The van der Waals surface area contributed by atoms with E-state index in [1.165, 1.54) is 11.0 Å². The van der Waals surface area contributed by atoms with Gasteiger partial charge < -0.3 is 14.4 Å². The molecule has 3 rings (SSSR count). The van der Waals surface area contributed by atoms with Gasteiger partial charge in [0.25, 0.3) is 5.91 Å². The van der Waals surface area contributed by atoms with E-state index in [0.29, 0.717) is 27.2 Å². The van der Waals surface area contributed by atoms with Gasteiger partial charge in [0, 0.05) is 20.2 Å². The van der Waals surface area contributed by atoms with Crippen molar-refractivity contribution in [2.75, 3.05) is 26.2 Å². The van der Waals surface area contributed by atoms with Crippen LogP contribution in [0.25, 0.3) is 6.08 Å². The first-order valence-electron chi connectivity index (χ1n) is 7.52. The van der Waals surface area contributed by atoms with Gasteiger partial charge in [0.05, 0.1) is 5.69 Å². The molecule has 0 fully saturated rings. The average Bonchev–Trinajstić information content (AvgIpc) is 3.17. The van der Waals surface area contributed by atoms with Crippen molar-refractivity contribution in [1.82, 2.24) is 9.88 Å². The summed E-state index contributed by atoms with van der Waals surface area (Å²) in [6, 6.07) is 5.43. The minimum atomic E-state index is -0.324. The maximum atomic E-state index is 12.1. The Bertz CT molecular complexity index is 858. The monoisotopic (exact) mass is 359 g/mol. The van der Waals surface area contributed by atoms with E-state index in [1.54, 1.807) is 39.2 Å². The van der Waals surface area contributed by atoms with Crippen molar-refractivity contribution in [3.05, 3.63) is 40.4 Å². The second-order valence-electron chi connectivity index (χ2n) is 5.57. The number of thiazole rings is 1. The summed E-state index contributed by atoms with van der Waals surface area (Å²) in [7, 11) is 3.35. The van der Waals surface area contributed by atoms with Gasteiger partial charge >= 0.3 is 0 Å². The maximum absolute atomic E-state index is 12.1. The Hall–Kier alpha value is -2.87. The van der Waals surface area contributed by atoms with Crippen molar-refractivity contribution < 1.29 is 19.1 Å². The van der Waals surface area contributed by atoms with Gasteiger partial charge in [-0.25, -0.2) is 4.98 Å². The molecule has 1 aromatic carbocycles. The number of carbonyl (C=O) groups excluding carboxylic acids is 2. The number of hydrogen-bond acceptors (Lipinski definition) is 6. The molecule has 0 saturated heterocycles. The smallest absolute Gasteiger partial charge is 0.265 e. The Balaban J connectivity index is 1.66. The van der Waals surface area contributed by atoms with Crippen LogP contribution < -0.4 is 14.8 Å². The fourth-order valence-corrected chi connectivity index (χ4v) is 3.18. The number of nitrogens with one attached hydrogen (secondary N) is 1. The summed E-state index contributed by atoms with van der Waals surface area (Å²) in [6.45, 7) is 1.95. The highest BCUT2D eigenvalue weighted by Crippen LogP contribution is 2.32. The summed E-state index contributed by atoms with van der Waals surface area (Å²) in [5, 5.41) is 3.07. The molecular weight excluding hydrogens is 342 g/mol. The van der Waals surface area contributed by atoms with Gasteiger partial charge in [0.2, 0.25) is 12.7 Å². The van der Waals surface area contributed by atoms with Crippen molar-refractivity contribution in [1.29, 1.82) is 0 Å². The summed E-state index contributed by atoms with van der Waals surface area (Å²) >= 11 is 1.16. The number of aromatic nitrogens is 1. The van der Waals surface area contributed by atoms with E-state index in [-0.39, 0.29) is 18.6 Å². The van der Waals surface area contributed by atoms with Crippen molar-refractivity contribution in [2.45, 2.75) is 6.92 Å². The van der Waals surface area contributed by atoms with Gasteiger partial charge in [-0.1, -0.05) is 17.4 Å². The zero-order valence-corrected chi connectivity index (χ0v) is 14.8. The van der Waals surface area contributed by atoms with Crippen LogP contribution >= 0.6 is 11.3 Å². The third-order valence-corrected chi connectivity index (χ3v) is 4.51. The summed E-state index contributed by atoms with van der Waals surface area (Å²) in [5.74, 6) is 0.893. The molecule has 0 aliphatic carbocycles. The molecule has 1 aliphatic heterocycles. The number of aryl methyl sites for hydroxylation is 1. The van der Waals surface area contributed by atoms with E-state index < -0.39 is 0 Å². The molecule has 0 atom stereocenters. The molecule has 2 aromatic rings. The van der Waals surface area contributed by atoms with Crippen molar-refractivity contribution in [2.24, 2.45) is 0 Å². The van der Waals surface area contributed by atoms with Gasteiger partial charge in [-0.15, -0.1) is 0 Å². The van der Waals surface area contributed by atoms with E-state index >= 15 is 0 Å². The number of fused-ring (bicyclic) bond motifs is 1. The maximum Gasteiger partial charge on any atom is 0.265 e. The number of amides is 2. The van der Waals surface area contributed by atoms with Gasteiger partial charge in [0.1, 0.15) is 4.88 Å². The first-order valence-corrected chi connectivity index (χ1v) is 8.33. The Labute approximate surface area is 148 Å². The Morgan fingerprint density at radius 2 is 2.04 bits per heavy atom. The molecule has 1 N–H and O–H groups in total. The van der Waals surface area contributed by atoms with Crippen LogP contribution in [0.2, 0.25) is 0 Å². The Morgan fingerprint density at radius 1 is 1.28 bits per heavy atom. The average molecular weight is 359 g/mol. The van der Waals surface area contributed by atoms with Crippen LogP contribution in [-0.2, 0) is 4.79 Å². The third kappa shape index (κ3) is 3.80. The third-order valence-electron chi connectivity index (χ3n) is 3.45. The fraction of sp³-hybridized carbons (Fsp3) is 0.235. The topological polar surface area (TPSA) is 80.8 Å². The predicted octanol–water partition coefficient (Wildman–Crippen LogP) is 2.53. The van der Waals surface area contributed by atoms with E-state index in [0.717, 1.165) is 16.9 Å². The summed E-state index contributed by atoms with van der Waals surface area (Å²) < 4.78 is 10.5. The zero-order chi connectivity index (χ0) is 18.0. The van der Waals surface area contributed by atoms with Gasteiger partial charge in [-0.05, 0) is 30.7 Å².